The van der Waals surface area contributed by atoms with Gasteiger partial charge in [-0.15, -0.1) is 0 Å². The van der Waals surface area contributed by atoms with Crippen molar-refractivity contribution in [3.05, 3.63) is 66.0 Å². The zero-order chi connectivity index (χ0) is 17.2. The minimum absolute atomic E-state index is 0.240. The van der Waals surface area contributed by atoms with Crippen LogP contribution in [0, 0.1) is 5.82 Å². The molecule has 132 valence electrons. The molecule has 4 rings (SSSR count). The van der Waals surface area contributed by atoms with Crippen LogP contribution in [0.2, 0.25) is 0 Å². The van der Waals surface area contributed by atoms with E-state index in [1.807, 2.05) is 30.3 Å². The Morgan fingerprint density at radius 2 is 1.88 bits per heavy atom. The van der Waals surface area contributed by atoms with Crippen molar-refractivity contribution < 1.29 is 23.7 Å². The number of para-hydroxylation sites is 1. The minimum atomic E-state index is -0.785. The van der Waals surface area contributed by atoms with Gasteiger partial charge in [0.1, 0.15) is 23.8 Å². The van der Waals surface area contributed by atoms with Crippen LogP contribution in [0.3, 0.4) is 0 Å². The molecule has 5 atom stereocenters. The van der Waals surface area contributed by atoms with Crippen LogP contribution in [0.25, 0.3) is 0 Å². The molecule has 0 spiro atoms. The second-order valence-corrected chi connectivity index (χ2v) is 6.30. The van der Waals surface area contributed by atoms with E-state index in [1.165, 1.54) is 12.1 Å². The predicted molar refractivity (Wildman–Crippen MR) is 88.5 cm³/mol. The molecule has 2 saturated heterocycles. The van der Waals surface area contributed by atoms with Crippen molar-refractivity contribution in [2.75, 3.05) is 6.61 Å². The van der Waals surface area contributed by atoms with Crippen molar-refractivity contribution in [2.45, 2.75) is 37.2 Å². The van der Waals surface area contributed by atoms with Gasteiger partial charge in [0.2, 0.25) is 0 Å². The van der Waals surface area contributed by atoms with Gasteiger partial charge in [-0.25, -0.2) is 4.39 Å². The van der Waals surface area contributed by atoms with Crippen molar-refractivity contribution in [2.24, 2.45) is 0 Å². The first-order valence-corrected chi connectivity index (χ1v) is 8.35. The lowest BCUT2D eigenvalue weighted by molar-refractivity contribution is -0.193. The Morgan fingerprint density at radius 3 is 2.64 bits per heavy atom. The number of ether oxygens (including phenoxy) is 3. The van der Waals surface area contributed by atoms with Gasteiger partial charge in [-0.1, -0.05) is 30.3 Å². The summed E-state index contributed by atoms with van der Waals surface area (Å²) in [6.07, 6.45) is -2.22. The third-order valence-corrected chi connectivity index (χ3v) is 4.58. The highest BCUT2D eigenvalue weighted by atomic mass is 19.1. The molecule has 0 unspecified atom stereocenters. The summed E-state index contributed by atoms with van der Waals surface area (Å²) in [6, 6.07) is 15.2. The summed E-state index contributed by atoms with van der Waals surface area (Å²) < 4.78 is 30.4. The molecular weight excluding hydrogens is 325 g/mol. The predicted octanol–water partition coefficient (Wildman–Crippen LogP) is 1.85. The van der Waals surface area contributed by atoms with Gasteiger partial charge in [0.15, 0.2) is 12.4 Å². The molecule has 25 heavy (non-hydrogen) atoms. The quantitative estimate of drug-likeness (QED) is 0.866. The van der Waals surface area contributed by atoms with E-state index in [4.69, 9.17) is 14.2 Å². The molecule has 0 amide bonds. The van der Waals surface area contributed by atoms with Crippen molar-refractivity contribution >= 4 is 0 Å². The number of rotatable bonds is 5. The Balaban J connectivity index is 1.45. The first-order valence-electron chi connectivity index (χ1n) is 8.35. The second kappa shape index (κ2) is 7.09. The molecule has 2 aliphatic rings. The maximum absolute atomic E-state index is 13.0. The SMILES string of the molecule is O[C@H]1[C@H](NCc2ccc(F)cc2)[C@H]2CO[C@H](O2)[C@@H]1Oc1ccccc1. The highest BCUT2D eigenvalue weighted by Gasteiger charge is 2.51. The van der Waals surface area contributed by atoms with Crippen LogP contribution >= 0.6 is 0 Å². The maximum Gasteiger partial charge on any atom is 0.197 e. The van der Waals surface area contributed by atoms with Gasteiger partial charge < -0.3 is 24.6 Å². The number of benzene rings is 2. The number of aliphatic hydroxyl groups is 1. The van der Waals surface area contributed by atoms with Gasteiger partial charge in [0.25, 0.3) is 0 Å². The number of halogens is 1. The van der Waals surface area contributed by atoms with Gasteiger partial charge in [-0.3, -0.25) is 0 Å². The van der Waals surface area contributed by atoms with Crippen LogP contribution in [0.4, 0.5) is 4.39 Å². The van der Waals surface area contributed by atoms with Gasteiger partial charge in [-0.2, -0.15) is 0 Å². The molecule has 2 heterocycles. The lowest BCUT2D eigenvalue weighted by atomic mass is 9.97. The molecule has 2 N–H and O–H groups in total. The van der Waals surface area contributed by atoms with E-state index >= 15 is 0 Å². The topological polar surface area (TPSA) is 60.0 Å². The summed E-state index contributed by atoms with van der Waals surface area (Å²) in [5, 5.41) is 14.1. The molecule has 0 aromatic heterocycles. The molecule has 5 nitrogen and oxygen atoms in total. The van der Waals surface area contributed by atoms with E-state index in [2.05, 4.69) is 5.32 Å². The molecule has 2 fully saturated rings. The van der Waals surface area contributed by atoms with Crippen LogP contribution in [-0.2, 0) is 16.0 Å². The summed E-state index contributed by atoms with van der Waals surface area (Å²) in [5.41, 5.74) is 0.926. The number of nitrogens with one attached hydrogen (secondary N) is 1. The Kier molecular flexibility index (Phi) is 4.67. The van der Waals surface area contributed by atoms with Crippen LogP contribution < -0.4 is 10.1 Å². The number of hydrogen-bond acceptors (Lipinski definition) is 5. The van der Waals surface area contributed by atoms with Crippen LogP contribution in [0.5, 0.6) is 5.75 Å². The molecular formula is C19H20FNO4. The molecule has 2 aromatic rings. The van der Waals surface area contributed by atoms with Crippen molar-refractivity contribution in [3.63, 3.8) is 0 Å². The van der Waals surface area contributed by atoms with E-state index in [-0.39, 0.29) is 18.0 Å². The first-order chi connectivity index (χ1) is 12.2. The van der Waals surface area contributed by atoms with Crippen molar-refractivity contribution in [1.82, 2.24) is 5.32 Å². The number of hydrogen-bond donors (Lipinski definition) is 2. The molecule has 0 radical (unpaired) electrons. The average Bonchev–Trinajstić information content (AvgIpc) is 3.07. The van der Waals surface area contributed by atoms with E-state index in [0.29, 0.717) is 18.9 Å². The van der Waals surface area contributed by atoms with Gasteiger partial charge in [0.05, 0.1) is 12.6 Å². The summed E-state index contributed by atoms with van der Waals surface area (Å²) >= 11 is 0. The molecule has 0 saturated carbocycles. The smallest absolute Gasteiger partial charge is 0.197 e. The Bertz CT molecular complexity index is 696. The highest BCUT2D eigenvalue weighted by Crippen LogP contribution is 2.31. The fourth-order valence-electron chi connectivity index (χ4n) is 3.26. The second-order valence-electron chi connectivity index (χ2n) is 6.30. The molecule has 2 bridgehead atoms. The summed E-state index contributed by atoms with van der Waals surface area (Å²) in [6.45, 7) is 0.891. The Morgan fingerprint density at radius 1 is 1.12 bits per heavy atom. The largest absolute Gasteiger partial charge is 0.482 e. The highest BCUT2D eigenvalue weighted by molar-refractivity contribution is 5.22. The Labute approximate surface area is 145 Å². The molecule has 2 aliphatic heterocycles. The normalized spacial score (nSPS) is 31.0. The molecule has 6 heteroatoms. The monoisotopic (exact) mass is 345 g/mol. The zero-order valence-corrected chi connectivity index (χ0v) is 13.5. The number of fused-ring (bicyclic) bond motifs is 2. The zero-order valence-electron chi connectivity index (χ0n) is 13.5. The van der Waals surface area contributed by atoms with Crippen molar-refractivity contribution in [1.29, 1.82) is 0 Å². The molecule has 2 aromatic carbocycles. The summed E-state index contributed by atoms with van der Waals surface area (Å²) in [4.78, 5) is 0. The standard InChI is InChI=1S/C19H20FNO4/c20-13-8-6-12(7-9-13)10-21-16-15-11-23-19(25-15)18(17(16)22)24-14-4-2-1-3-5-14/h1-9,15-19,21-22H,10-11H2/t15-,16-,17+,18-,19-/m1/s1. The van der Waals surface area contributed by atoms with E-state index in [0.717, 1.165) is 5.56 Å². The first kappa shape index (κ1) is 16.5. The van der Waals surface area contributed by atoms with Gasteiger partial charge >= 0.3 is 0 Å². The maximum atomic E-state index is 13.0. The van der Waals surface area contributed by atoms with E-state index < -0.39 is 18.5 Å². The minimum Gasteiger partial charge on any atom is -0.482 e. The molecule has 0 aliphatic carbocycles. The average molecular weight is 345 g/mol. The third-order valence-electron chi connectivity index (χ3n) is 4.58. The van der Waals surface area contributed by atoms with E-state index in [9.17, 15) is 9.50 Å². The van der Waals surface area contributed by atoms with Crippen LogP contribution in [0.1, 0.15) is 5.56 Å². The number of aliphatic hydroxyl groups excluding tert-OH is 1. The van der Waals surface area contributed by atoms with Crippen LogP contribution in [-0.4, -0.2) is 42.4 Å². The third kappa shape index (κ3) is 3.52. The Hall–Kier alpha value is -1.99. The fraction of sp³-hybridized carbons (Fsp3) is 0.368. The summed E-state index contributed by atoms with van der Waals surface area (Å²) in [7, 11) is 0. The lowest BCUT2D eigenvalue weighted by Crippen LogP contribution is -2.61. The van der Waals surface area contributed by atoms with Crippen molar-refractivity contribution in [3.8, 4) is 5.75 Å². The van der Waals surface area contributed by atoms with Gasteiger partial charge in [0, 0.05) is 6.54 Å². The van der Waals surface area contributed by atoms with E-state index in [1.54, 1.807) is 12.1 Å². The van der Waals surface area contributed by atoms with Crippen LogP contribution in [0.15, 0.2) is 54.6 Å². The summed E-state index contributed by atoms with van der Waals surface area (Å²) in [5.74, 6) is 0.384. The van der Waals surface area contributed by atoms with Gasteiger partial charge in [-0.05, 0) is 29.8 Å². The lowest BCUT2D eigenvalue weighted by Gasteiger charge is -2.38. The fourth-order valence-corrected chi connectivity index (χ4v) is 3.26.